The highest BCUT2D eigenvalue weighted by atomic mass is 16.5. The summed E-state index contributed by atoms with van der Waals surface area (Å²) in [7, 11) is 0. The number of aromatic nitrogens is 3. The third-order valence-electron chi connectivity index (χ3n) is 4.30. The Morgan fingerprint density at radius 2 is 2.36 bits per heavy atom. The number of carbonyl (C=O) groups is 1. The predicted octanol–water partition coefficient (Wildman–Crippen LogP) is 1.57. The molecule has 1 aliphatic heterocycles. The molecular weight excluding hydrogens is 320 g/mol. The van der Waals surface area contributed by atoms with Crippen molar-refractivity contribution in [2.45, 2.75) is 18.9 Å². The van der Waals surface area contributed by atoms with Crippen molar-refractivity contribution in [3.63, 3.8) is 0 Å². The molecule has 1 unspecified atom stereocenters. The minimum Gasteiger partial charge on any atom is -0.619 e. The summed E-state index contributed by atoms with van der Waals surface area (Å²) < 4.78 is 7.88. The Morgan fingerprint density at radius 1 is 1.44 bits per heavy atom. The number of ether oxygens (including phenoxy) is 1. The Balaban J connectivity index is 1.54. The second kappa shape index (κ2) is 6.52. The fourth-order valence-corrected chi connectivity index (χ4v) is 2.99. The van der Waals surface area contributed by atoms with E-state index in [1.807, 2.05) is 6.20 Å². The van der Waals surface area contributed by atoms with Gasteiger partial charge in [0.05, 0.1) is 11.6 Å². The van der Waals surface area contributed by atoms with Crippen LogP contribution in [0.25, 0.3) is 16.6 Å². The first-order valence-electron chi connectivity index (χ1n) is 8.27. The van der Waals surface area contributed by atoms with Gasteiger partial charge in [-0.3, -0.25) is 4.79 Å². The minimum absolute atomic E-state index is 0.118. The number of fused-ring (bicyclic) bond motifs is 1. The van der Waals surface area contributed by atoms with Gasteiger partial charge in [0.15, 0.2) is 6.20 Å². The van der Waals surface area contributed by atoms with Crippen molar-refractivity contribution in [2.75, 3.05) is 13.2 Å². The summed E-state index contributed by atoms with van der Waals surface area (Å²) in [5.74, 6) is -0.123. The molecule has 1 atom stereocenters. The minimum atomic E-state index is -0.123. The summed E-state index contributed by atoms with van der Waals surface area (Å²) >= 11 is 0. The van der Waals surface area contributed by atoms with Gasteiger partial charge in [-0.2, -0.15) is 9.83 Å². The van der Waals surface area contributed by atoms with Crippen LogP contribution in [0.3, 0.4) is 0 Å². The Morgan fingerprint density at radius 3 is 3.16 bits per heavy atom. The maximum atomic E-state index is 12.3. The van der Waals surface area contributed by atoms with E-state index in [0.29, 0.717) is 17.8 Å². The Bertz CT molecular complexity index is 916. The van der Waals surface area contributed by atoms with E-state index >= 15 is 0 Å². The van der Waals surface area contributed by atoms with Gasteiger partial charge in [-0.25, -0.2) is 4.68 Å². The average molecular weight is 338 g/mol. The molecule has 0 bridgehead atoms. The van der Waals surface area contributed by atoms with Crippen LogP contribution in [0.1, 0.15) is 23.2 Å². The van der Waals surface area contributed by atoms with E-state index < -0.39 is 0 Å². The lowest BCUT2D eigenvalue weighted by Crippen LogP contribution is -2.31. The maximum absolute atomic E-state index is 12.3. The van der Waals surface area contributed by atoms with Crippen LogP contribution in [0.4, 0.5) is 0 Å². The summed E-state index contributed by atoms with van der Waals surface area (Å²) in [5.41, 5.74) is 2.01. The molecule has 0 saturated carbocycles. The highest BCUT2D eigenvalue weighted by Crippen LogP contribution is 2.17. The molecule has 1 N–H and O–H groups in total. The Hall–Kier alpha value is -2.93. The van der Waals surface area contributed by atoms with Crippen molar-refractivity contribution in [3.8, 4) is 5.69 Å². The summed E-state index contributed by atoms with van der Waals surface area (Å²) in [6.07, 6.45) is 6.83. The molecule has 1 aromatic carbocycles. The van der Waals surface area contributed by atoms with Gasteiger partial charge in [0.1, 0.15) is 5.69 Å². The lowest BCUT2D eigenvalue weighted by Gasteiger charge is -2.10. The van der Waals surface area contributed by atoms with E-state index in [-0.39, 0.29) is 12.0 Å². The van der Waals surface area contributed by atoms with Gasteiger partial charge in [0.25, 0.3) is 5.91 Å². The lowest BCUT2D eigenvalue weighted by molar-refractivity contribution is -0.605. The van der Waals surface area contributed by atoms with Gasteiger partial charge in [-0.05, 0) is 37.1 Å². The number of rotatable bonds is 4. The van der Waals surface area contributed by atoms with Gasteiger partial charge in [0, 0.05) is 36.4 Å². The number of hydrogen-bond donors (Lipinski definition) is 1. The van der Waals surface area contributed by atoms with Crippen LogP contribution >= 0.6 is 0 Å². The molecular formula is C18H18N4O3. The van der Waals surface area contributed by atoms with Crippen LogP contribution < -0.4 is 10.0 Å². The number of carbonyl (C=O) groups excluding carboxylic acids is 1. The molecule has 3 aromatic rings. The second-order valence-corrected chi connectivity index (χ2v) is 6.11. The van der Waals surface area contributed by atoms with Crippen LogP contribution in [0.15, 0.2) is 48.9 Å². The molecule has 7 heteroatoms. The van der Waals surface area contributed by atoms with E-state index in [2.05, 4.69) is 10.4 Å². The zero-order valence-electron chi connectivity index (χ0n) is 13.6. The van der Waals surface area contributed by atoms with Crippen LogP contribution in [0.5, 0.6) is 0 Å². The number of hydrogen-bond acceptors (Lipinski definition) is 4. The van der Waals surface area contributed by atoms with Crippen LogP contribution in [-0.4, -0.2) is 34.9 Å². The van der Waals surface area contributed by atoms with E-state index in [9.17, 15) is 10.0 Å². The summed E-state index contributed by atoms with van der Waals surface area (Å²) in [6, 6.07) is 8.83. The molecule has 0 spiro atoms. The van der Waals surface area contributed by atoms with Gasteiger partial charge < -0.3 is 15.3 Å². The van der Waals surface area contributed by atoms with E-state index in [1.54, 1.807) is 35.0 Å². The Kier molecular flexibility index (Phi) is 4.07. The molecule has 4 rings (SSSR count). The maximum Gasteiger partial charge on any atom is 0.251 e. The smallest absolute Gasteiger partial charge is 0.251 e. The van der Waals surface area contributed by atoms with Crippen molar-refractivity contribution < 1.29 is 14.3 Å². The highest BCUT2D eigenvalue weighted by Gasteiger charge is 2.17. The highest BCUT2D eigenvalue weighted by molar-refractivity contribution is 5.97. The first-order valence-corrected chi connectivity index (χ1v) is 8.27. The lowest BCUT2D eigenvalue weighted by atomic mass is 10.1. The summed E-state index contributed by atoms with van der Waals surface area (Å²) in [4.78, 5) is 12.3. The third kappa shape index (κ3) is 3.32. The van der Waals surface area contributed by atoms with Crippen LogP contribution in [-0.2, 0) is 4.74 Å². The van der Waals surface area contributed by atoms with Gasteiger partial charge >= 0.3 is 0 Å². The number of nitrogens with zero attached hydrogens (tertiary/aromatic N) is 3. The van der Waals surface area contributed by atoms with E-state index in [1.165, 1.54) is 12.4 Å². The number of benzene rings is 1. The van der Waals surface area contributed by atoms with Gasteiger partial charge in [0.2, 0.25) is 6.20 Å². The molecule has 1 fully saturated rings. The first kappa shape index (κ1) is 15.6. The van der Waals surface area contributed by atoms with Crippen LogP contribution in [0, 0.1) is 5.21 Å². The molecule has 128 valence electrons. The standard InChI is InChI=1S/C18H18N4O3/c23-18(19-10-16-4-2-8-25-16)13-5-6-17-14(9-13)11-22(20-17)15-3-1-7-21(24)12-15/h1,3,5-7,9,11-12,16H,2,4,8,10H2,(H,19,23). The molecule has 1 aliphatic rings. The quantitative estimate of drug-likeness (QED) is 0.578. The second-order valence-electron chi connectivity index (χ2n) is 6.11. The molecule has 0 radical (unpaired) electrons. The molecule has 7 nitrogen and oxygen atoms in total. The first-order chi connectivity index (χ1) is 12.2. The zero-order valence-corrected chi connectivity index (χ0v) is 13.6. The Labute approximate surface area is 144 Å². The van der Waals surface area contributed by atoms with E-state index in [4.69, 9.17) is 4.74 Å². The molecule has 0 aliphatic carbocycles. The van der Waals surface area contributed by atoms with Crippen molar-refractivity contribution in [1.29, 1.82) is 0 Å². The number of amides is 1. The molecule has 25 heavy (non-hydrogen) atoms. The average Bonchev–Trinajstić information content (AvgIpc) is 3.28. The molecule has 2 aromatic heterocycles. The summed E-state index contributed by atoms with van der Waals surface area (Å²) in [5, 5.41) is 19.6. The van der Waals surface area contributed by atoms with Crippen molar-refractivity contribution in [1.82, 2.24) is 15.1 Å². The largest absolute Gasteiger partial charge is 0.619 e. The normalized spacial score (nSPS) is 17.0. The van der Waals surface area contributed by atoms with E-state index in [0.717, 1.165) is 35.1 Å². The molecule has 3 heterocycles. The fourth-order valence-electron chi connectivity index (χ4n) is 2.99. The number of nitrogens with one attached hydrogen (secondary N) is 1. The zero-order chi connectivity index (χ0) is 17.2. The third-order valence-corrected chi connectivity index (χ3v) is 4.30. The monoisotopic (exact) mass is 338 g/mol. The topological polar surface area (TPSA) is 83.1 Å². The SMILES string of the molecule is O=C(NCC1CCCO1)c1ccc2nn(-c3ccc[n+]([O-])c3)cc2c1. The summed E-state index contributed by atoms with van der Waals surface area (Å²) in [6.45, 7) is 1.30. The molecule has 1 amide bonds. The fraction of sp³-hybridized carbons (Fsp3) is 0.278. The van der Waals surface area contributed by atoms with Gasteiger partial charge in [-0.15, -0.1) is 0 Å². The van der Waals surface area contributed by atoms with Crippen molar-refractivity contribution >= 4 is 16.8 Å². The van der Waals surface area contributed by atoms with Crippen LogP contribution in [0.2, 0.25) is 0 Å². The predicted molar refractivity (Wildman–Crippen MR) is 91.3 cm³/mol. The van der Waals surface area contributed by atoms with Crippen molar-refractivity contribution in [2.24, 2.45) is 0 Å². The van der Waals surface area contributed by atoms with Gasteiger partial charge in [-0.1, -0.05) is 0 Å². The number of pyridine rings is 1. The van der Waals surface area contributed by atoms with Crippen molar-refractivity contribution in [3.05, 3.63) is 59.7 Å². The molecule has 1 saturated heterocycles.